The van der Waals surface area contributed by atoms with Crippen LogP contribution in [-0.2, 0) is 10.1 Å². The topological polar surface area (TPSA) is 110 Å². The van der Waals surface area contributed by atoms with Gasteiger partial charge in [0, 0.05) is 6.54 Å². The van der Waals surface area contributed by atoms with E-state index in [0.717, 1.165) is 0 Å². The van der Waals surface area contributed by atoms with Crippen LogP contribution in [0, 0.1) is 5.92 Å². The maximum Gasteiger partial charge on any atom is 0.340 e. The Kier molecular flexibility index (Phi) is 5.92. The number of aromatic carboxylic acids is 1. The van der Waals surface area contributed by atoms with Gasteiger partial charge in [0.05, 0.1) is 11.3 Å². The Morgan fingerprint density at radius 3 is 2.45 bits per heavy atom. The SMILES string of the molecule is CCS(=O)(=O)Oc1cccc(C(=O)NCC(C)C)c1C(=O)O. The van der Waals surface area contributed by atoms with E-state index >= 15 is 0 Å². The lowest BCUT2D eigenvalue weighted by molar-refractivity contribution is 0.0689. The minimum atomic E-state index is -3.89. The average molecular weight is 329 g/mol. The molecule has 0 unspecified atom stereocenters. The summed E-state index contributed by atoms with van der Waals surface area (Å²) in [4.78, 5) is 23.5. The first-order valence-corrected chi connectivity index (χ1v) is 8.32. The molecule has 0 fully saturated rings. The van der Waals surface area contributed by atoms with Crippen molar-refractivity contribution in [3.8, 4) is 5.75 Å². The molecule has 0 saturated carbocycles. The molecule has 0 aromatic heterocycles. The Labute approximate surface area is 129 Å². The molecule has 0 heterocycles. The second kappa shape index (κ2) is 7.26. The van der Waals surface area contributed by atoms with Crippen molar-refractivity contribution < 1.29 is 27.3 Å². The fourth-order valence-electron chi connectivity index (χ4n) is 1.60. The van der Waals surface area contributed by atoms with Crippen molar-refractivity contribution in [3.05, 3.63) is 29.3 Å². The number of amides is 1. The van der Waals surface area contributed by atoms with Crippen molar-refractivity contribution in [1.82, 2.24) is 5.32 Å². The van der Waals surface area contributed by atoms with Crippen LogP contribution in [0.15, 0.2) is 18.2 Å². The first kappa shape index (κ1) is 18.0. The number of nitrogens with one attached hydrogen (secondary N) is 1. The molecule has 1 amide bonds. The van der Waals surface area contributed by atoms with Crippen LogP contribution in [0.3, 0.4) is 0 Å². The Morgan fingerprint density at radius 1 is 1.32 bits per heavy atom. The third-order valence-corrected chi connectivity index (χ3v) is 3.87. The van der Waals surface area contributed by atoms with E-state index in [4.69, 9.17) is 4.18 Å². The Hall–Kier alpha value is -2.09. The lowest BCUT2D eigenvalue weighted by atomic mass is 10.1. The summed E-state index contributed by atoms with van der Waals surface area (Å²) in [5, 5.41) is 11.9. The van der Waals surface area contributed by atoms with Gasteiger partial charge in [0.1, 0.15) is 5.56 Å². The first-order valence-electron chi connectivity index (χ1n) is 6.74. The third-order valence-electron chi connectivity index (χ3n) is 2.73. The van der Waals surface area contributed by atoms with E-state index in [-0.39, 0.29) is 23.0 Å². The van der Waals surface area contributed by atoms with Crippen molar-refractivity contribution >= 4 is 22.0 Å². The molecule has 0 spiro atoms. The largest absolute Gasteiger partial charge is 0.478 e. The number of benzene rings is 1. The van der Waals surface area contributed by atoms with Crippen molar-refractivity contribution in [1.29, 1.82) is 0 Å². The summed E-state index contributed by atoms with van der Waals surface area (Å²) in [5.74, 6) is -2.51. The average Bonchev–Trinajstić information content (AvgIpc) is 2.43. The number of carbonyl (C=O) groups is 2. The van der Waals surface area contributed by atoms with Gasteiger partial charge in [-0.05, 0) is 25.0 Å². The van der Waals surface area contributed by atoms with Crippen molar-refractivity contribution in [2.75, 3.05) is 12.3 Å². The minimum Gasteiger partial charge on any atom is -0.478 e. The fourth-order valence-corrected chi connectivity index (χ4v) is 2.13. The molecule has 22 heavy (non-hydrogen) atoms. The monoisotopic (exact) mass is 329 g/mol. The van der Waals surface area contributed by atoms with Crippen molar-refractivity contribution in [2.45, 2.75) is 20.8 Å². The summed E-state index contributed by atoms with van der Waals surface area (Å²) >= 11 is 0. The lowest BCUT2D eigenvalue weighted by Gasteiger charge is -2.13. The van der Waals surface area contributed by atoms with Crippen molar-refractivity contribution in [2.24, 2.45) is 5.92 Å². The summed E-state index contributed by atoms with van der Waals surface area (Å²) in [5.41, 5.74) is -0.613. The molecule has 8 heteroatoms. The highest BCUT2D eigenvalue weighted by Crippen LogP contribution is 2.24. The number of hydrogen-bond donors (Lipinski definition) is 2. The molecule has 0 aliphatic rings. The molecule has 1 rings (SSSR count). The zero-order valence-electron chi connectivity index (χ0n) is 12.6. The van der Waals surface area contributed by atoms with Gasteiger partial charge in [-0.3, -0.25) is 4.79 Å². The fraction of sp³-hybridized carbons (Fsp3) is 0.429. The molecule has 1 aromatic rings. The zero-order chi connectivity index (χ0) is 16.9. The van der Waals surface area contributed by atoms with E-state index in [2.05, 4.69) is 5.32 Å². The van der Waals surface area contributed by atoms with Gasteiger partial charge in [-0.15, -0.1) is 0 Å². The molecule has 0 radical (unpaired) electrons. The quantitative estimate of drug-likeness (QED) is 0.734. The number of rotatable bonds is 7. The highest BCUT2D eigenvalue weighted by molar-refractivity contribution is 7.87. The summed E-state index contributed by atoms with van der Waals surface area (Å²) in [6.07, 6.45) is 0. The number of carboxylic acids is 1. The minimum absolute atomic E-state index is 0.142. The zero-order valence-corrected chi connectivity index (χ0v) is 13.4. The van der Waals surface area contributed by atoms with Crippen LogP contribution in [0.2, 0.25) is 0 Å². The predicted molar refractivity (Wildman–Crippen MR) is 80.7 cm³/mol. The van der Waals surface area contributed by atoms with Gasteiger partial charge >= 0.3 is 16.1 Å². The molecule has 0 atom stereocenters. The predicted octanol–water partition coefficient (Wildman–Crippen LogP) is 1.50. The van der Waals surface area contributed by atoms with E-state index in [0.29, 0.717) is 6.54 Å². The molecule has 2 N–H and O–H groups in total. The summed E-state index contributed by atoms with van der Waals surface area (Å²) in [6, 6.07) is 3.89. The van der Waals surface area contributed by atoms with Crippen LogP contribution in [0.4, 0.5) is 0 Å². The van der Waals surface area contributed by atoms with Crippen LogP contribution in [0.25, 0.3) is 0 Å². The van der Waals surface area contributed by atoms with Gasteiger partial charge in [0.15, 0.2) is 5.75 Å². The molecule has 1 aromatic carbocycles. The molecule has 0 aliphatic carbocycles. The highest BCUT2D eigenvalue weighted by Gasteiger charge is 2.24. The maximum absolute atomic E-state index is 12.1. The van der Waals surface area contributed by atoms with Crippen molar-refractivity contribution in [3.63, 3.8) is 0 Å². The highest BCUT2D eigenvalue weighted by atomic mass is 32.2. The first-order chi connectivity index (χ1) is 10.2. The van der Waals surface area contributed by atoms with Crippen LogP contribution in [0.1, 0.15) is 41.5 Å². The van der Waals surface area contributed by atoms with E-state index < -0.39 is 27.6 Å². The van der Waals surface area contributed by atoms with Gasteiger partial charge in [0.25, 0.3) is 5.91 Å². The summed E-state index contributed by atoms with van der Waals surface area (Å²) < 4.78 is 27.8. The van der Waals surface area contributed by atoms with Crippen LogP contribution < -0.4 is 9.50 Å². The van der Waals surface area contributed by atoms with E-state index in [1.807, 2.05) is 13.8 Å². The molecule has 7 nitrogen and oxygen atoms in total. The molecule has 122 valence electrons. The molecule has 0 aliphatic heterocycles. The van der Waals surface area contributed by atoms with E-state index in [9.17, 15) is 23.1 Å². The second-order valence-electron chi connectivity index (χ2n) is 5.02. The summed E-state index contributed by atoms with van der Waals surface area (Å²) in [7, 11) is -3.89. The van der Waals surface area contributed by atoms with Crippen LogP contribution in [0.5, 0.6) is 5.75 Å². The van der Waals surface area contributed by atoms with Gasteiger partial charge in [-0.1, -0.05) is 19.9 Å². The summed E-state index contributed by atoms with van der Waals surface area (Å²) in [6.45, 7) is 5.53. The molecule has 0 bridgehead atoms. The van der Waals surface area contributed by atoms with Gasteiger partial charge in [-0.25, -0.2) is 4.79 Å². The standard InChI is InChI=1S/C14H19NO6S/c1-4-22(19,20)21-11-7-5-6-10(12(11)14(17)18)13(16)15-8-9(2)3/h5-7,9H,4,8H2,1-3H3,(H,15,16)(H,17,18). The van der Waals surface area contributed by atoms with E-state index in [1.165, 1.54) is 25.1 Å². The lowest BCUT2D eigenvalue weighted by Crippen LogP contribution is -2.29. The third kappa shape index (κ3) is 4.73. The van der Waals surface area contributed by atoms with Gasteiger partial charge < -0.3 is 14.6 Å². The van der Waals surface area contributed by atoms with Crippen LogP contribution >= 0.6 is 0 Å². The van der Waals surface area contributed by atoms with E-state index in [1.54, 1.807) is 0 Å². The van der Waals surface area contributed by atoms with Gasteiger partial charge in [0.2, 0.25) is 0 Å². The Morgan fingerprint density at radius 2 is 1.95 bits per heavy atom. The number of hydrogen-bond acceptors (Lipinski definition) is 5. The Balaban J connectivity index is 3.24. The maximum atomic E-state index is 12.1. The van der Waals surface area contributed by atoms with Gasteiger partial charge in [-0.2, -0.15) is 8.42 Å². The molecule has 0 saturated heterocycles. The molecular weight excluding hydrogens is 310 g/mol. The number of carboxylic acid groups (broad SMARTS) is 1. The van der Waals surface area contributed by atoms with Crippen LogP contribution in [-0.4, -0.2) is 37.7 Å². The molecular formula is C14H19NO6S. The Bertz CT molecular complexity index is 666. The second-order valence-corrected chi connectivity index (χ2v) is 6.88. The normalized spacial score (nSPS) is 11.3. The smallest absolute Gasteiger partial charge is 0.340 e. The number of carbonyl (C=O) groups excluding carboxylic acids is 1.